The van der Waals surface area contributed by atoms with E-state index in [2.05, 4.69) is 35.3 Å². The summed E-state index contributed by atoms with van der Waals surface area (Å²) in [6.45, 7) is 0. The molecule has 1 aromatic heterocycles. The molecular formula is C16H18N2. The van der Waals surface area contributed by atoms with E-state index in [0.717, 1.165) is 12.8 Å². The van der Waals surface area contributed by atoms with Gasteiger partial charge in [-0.15, -0.1) is 0 Å². The van der Waals surface area contributed by atoms with Crippen LogP contribution in [0.15, 0.2) is 42.7 Å². The zero-order chi connectivity index (χ0) is 12.4. The van der Waals surface area contributed by atoms with Crippen LogP contribution in [0.4, 0.5) is 0 Å². The number of benzene rings is 1. The Balaban J connectivity index is 2.13. The van der Waals surface area contributed by atoms with E-state index in [1.807, 2.05) is 12.4 Å². The Morgan fingerprint density at radius 2 is 2.00 bits per heavy atom. The third kappa shape index (κ3) is 2.16. The molecule has 0 saturated carbocycles. The maximum Gasteiger partial charge on any atom is 0.0349 e. The fourth-order valence-corrected chi connectivity index (χ4v) is 2.72. The van der Waals surface area contributed by atoms with Gasteiger partial charge >= 0.3 is 0 Å². The van der Waals surface area contributed by atoms with Gasteiger partial charge in [0.25, 0.3) is 0 Å². The minimum Gasteiger partial charge on any atom is -0.324 e. The SMILES string of the molecule is NC1C=C(c2cncc3ccccc23)CCCC1. The molecule has 1 aliphatic carbocycles. The van der Waals surface area contributed by atoms with Crippen LogP contribution in [0.5, 0.6) is 0 Å². The molecule has 1 aliphatic rings. The van der Waals surface area contributed by atoms with Gasteiger partial charge in [0.05, 0.1) is 0 Å². The fourth-order valence-electron chi connectivity index (χ4n) is 2.72. The first kappa shape index (κ1) is 11.4. The zero-order valence-corrected chi connectivity index (χ0v) is 10.5. The first-order valence-corrected chi connectivity index (χ1v) is 6.64. The molecule has 3 rings (SSSR count). The monoisotopic (exact) mass is 238 g/mol. The number of rotatable bonds is 1. The van der Waals surface area contributed by atoms with E-state index in [1.165, 1.54) is 34.8 Å². The van der Waals surface area contributed by atoms with Gasteiger partial charge in [-0.05, 0) is 30.2 Å². The number of hydrogen-bond donors (Lipinski definition) is 1. The van der Waals surface area contributed by atoms with E-state index in [0.29, 0.717) is 0 Å². The second kappa shape index (κ2) is 4.91. The second-order valence-corrected chi connectivity index (χ2v) is 5.01. The molecule has 0 amide bonds. The predicted molar refractivity (Wildman–Crippen MR) is 76.2 cm³/mol. The molecule has 92 valence electrons. The average Bonchev–Trinajstić information content (AvgIpc) is 2.63. The third-order valence-corrected chi connectivity index (χ3v) is 3.66. The zero-order valence-electron chi connectivity index (χ0n) is 10.5. The molecule has 0 aliphatic heterocycles. The normalized spacial score (nSPS) is 20.5. The highest BCUT2D eigenvalue weighted by Gasteiger charge is 2.12. The van der Waals surface area contributed by atoms with Gasteiger partial charge in [0.1, 0.15) is 0 Å². The molecule has 18 heavy (non-hydrogen) atoms. The maximum atomic E-state index is 6.11. The largest absolute Gasteiger partial charge is 0.324 e. The van der Waals surface area contributed by atoms with E-state index >= 15 is 0 Å². The van der Waals surface area contributed by atoms with Crippen LogP contribution in [0.25, 0.3) is 16.3 Å². The van der Waals surface area contributed by atoms with Crippen molar-refractivity contribution in [1.82, 2.24) is 4.98 Å². The molecule has 0 radical (unpaired) electrons. The molecule has 2 aromatic rings. The topological polar surface area (TPSA) is 38.9 Å². The highest BCUT2D eigenvalue weighted by atomic mass is 14.6. The predicted octanol–water partition coefficient (Wildman–Crippen LogP) is 3.52. The lowest BCUT2D eigenvalue weighted by Crippen LogP contribution is -2.15. The Hall–Kier alpha value is -1.67. The Labute approximate surface area is 108 Å². The van der Waals surface area contributed by atoms with Crippen molar-refractivity contribution in [3.8, 4) is 0 Å². The number of aromatic nitrogens is 1. The summed E-state index contributed by atoms with van der Waals surface area (Å²) in [5, 5.41) is 2.49. The Morgan fingerprint density at radius 3 is 2.94 bits per heavy atom. The molecule has 2 nitrogen and oxygen atoms in total. The van der Waals surface area contributed by atoms with Crippen molar-refractivity contribution in [3.05, 3.63) is 48.3 Å². The van der Waals surface area contributed by atoms with Gasteiger partial charge in [-0.25, -0.2) is 0 Å². The number of hydrogen-bond acceptors (Lipinski definition) is 2. The van der Waals surface area contributed by atoms with Gasteiger partial charge < -0.3 is 5.73 Å². The van der Waals surface area contributed by atoms with Crippen molar-refractivity contribution in [3.63, 3.8) is 0 Å². The number of allylic oxidation sites excluding steroid dienone is 1. The molecule has 1 atom stereocenters. The average molecular weight is 238 g/mol. The summed E-state index contributed by atoms with van der Waals surface area (Å²) >= 11 is 0. The number of pyridine rings is 1. The van der Waals surface area contributed by atoms with E-state index < -0.39 is 0 Å². The number of nitrogens with zero attached hydrogens (tertiary/aromatic N) is 1. The van der Waals surface area contributed by atoms with Gasteiger partial charge in [-0.3, -0.25) is 4.98 Å². The van der Waals surface area contributed by atoms with Crippen LogP contribution in [0, 0.1) is 0 Å². The van der Waals surface area contributed by atoms with Gasteiger partial charge in [-0.2, -0.15) is 0 Å². The molecule has 1 aromatic carbocycles. The van der Waals surface area contributed by atoms with Crippen LogP contribution < -0.4 is 5.73 Å². The quantitative estimate of drug-likeness (QED) is 0.825. The molecule has 1 unspecified atom stereocenters. The Bertz CT molecular complexity index is 581. The minimum absolute atomic E-state index is 0.196. The first-order chi connectivity index (χ1) is 8.84. The Morgan fingerprint density at radius 1 is 1.11 bits per heavy atom. The van der Waals surface area contributed by atoms with Crippen LogP contribution in [-0.2, 0) is 0 Å². The third-order valence-electron chi connectivity index (χ3n) is 3.66. The summed E-state index contributed by atoms with van der Waals surface area (Å²) in [5.41, 5.74) is 8.73. The van der Waals surface area contributed by atoms with Crippen LogP contribution in [-0.4, -0.2) is 11.0 Å². The lowest BCUT2D eigenvalue weighted by Gasteiger charge is -2.10. The minimum atomic E-state index is 0.196. The second-order valence-electron chi connectivity index (χ2n) is 5.01. The summed E-state index contributed by atoms with van der Waals surface area (Å²) in [4.78, 5) is 4.36. The molecule has 2 N–H and O–H groups in total. The van der Waals surface area contributed by atoms with Gasteiger partial charge in [-0.1, -0.05) is 36.8 Å². The standard InChI is InChI=1S/C16H18N2/c17-14-7-3-1-5-12(9-14)16-11-18-10-13-6-2-4-8-15(13)16/h2,4,6,8-11,14H,1,3,5,7,17H2. The van der Waals surface area contributed by atoms with Crippen LogP contribution in [0.1, 0.15) is 31.2 Å². The summed E-state index contributed by atoms with van der Waals surface area (Å²) in [6, 6.07) is 8.62. The number of nitrogens with two attached hydrogens (primary N) is 1. The first-order valence-electron chi connectivity index (χ1n) is 6.64. The van der Waals surface area contributed by atoms with E-state index in [9.17, 15) is 0 Å². The van der Waals surface area contributed by atoms with E-state index in [4.69, 9.17) is 5.73 Å². The van der Waals surface area contributed by atoms with E-state index in [1.54, 1.807) is 0 Å². The molecule has 0 saturated heterocycles. The smallest absolute Gasteiger partial charge is 0.0349 e. The summed E-state index contributed by atoms with van der Waals surface area (Å²) in [7, 11) is 0. The summed E-state index contributed by atoms with van der Waals surface area (Å²) < 4.78 is 0. The lowest BCUT2D eigenvalue weighted by atomic mass is 9.97. The fraction of sp³-hybridized carbons (Fsp3) is 0.312. The van der Waals surface area contributed by atoms with Gasteiger partial charge in [0, 0.05) is 29.4 Å². The van der Waals surface area contributed by atoms with Crippen molar-refractivity contribution >= 4 is 16.3 Å². The van der Waals surface area contributed by atoms with Crippen molar-refractivity contribution in [1.29, 1.82) is 0 Å². The highest BCUT2D eigenvalue weighted by molar-refractivity contribution is 5.93. The van der Waals surface area contributed by atoms with Gasteiger partial charge in [0.2, 0.25) is 0 Å². The maximum absolute atomic E-state index is 6.11. The van der Waals surface area contributed by atoms with E-state index in [-0.39, 0.29) is 6.04 Å². The highest BCUT2D eigenvalue weighted by Crippen LogP contribution is 2.30. The molecule has 1 heterocycles. The summed E-state index contributed by atoms with van der Waals surface area (Å²) in [6.07, 6.45) is 10.8. The van der Waals surface area contributed by atoms with Crippen molar-refractivity contribution in [2.24, 2.45) is 5.73 Å². The van der Waals surface area contributed by atoms with Crippen molar-refractivity contribution < 1.29 is 0 Å². The molecule has 0 bridgehead atoms. The lowest BCUT2D eigenvalue weighted by molar-refractivity contribution is 0.658. The molecular weight excluding hydrogens is 220 g/mol. The summed E-state index contributed by atoms with van der Waals surface area (Å²) in [5.74, 6) is 0. The van der Waals surface area contributed by atoms with Crippen LogP contribution in [0.2, 0.25) is 0 Å². The van der Waals surface area contributed by atoms with Crippen molar-refractivity contribution in [2.75, 3.05) is 0 Å². The molecule has 0 spiro atoms. The van der Waals surface area contributed by atoms with Crippen LogP contribution in [0.3, 0.4) is 0 Å². The molecule has 0 fully saturated rings. The Kier molecular flexibility index (Phi) is 3.11. The van der Waals surface area contributed by atoms with Gasteiger partial charge in [0.15, 0.2) is 0 Å². The molecule has 2 heteroatoms. The van der Waals surface area contributed by atoms with Crippen LogP contribution >= 0.6 is 0 Å². The number of fused-ring (bicyclic) bond motifs is 1. The van der Waals surface area contributed by atoms with Crippen molar-refractivity contribution in [2.45, 2.75) is 31.7 Å².